The Morgan fingerprint density at radius 3 is 1.90 bits per heavy atom. The molecule has 12 heteroatoms. The zero-order valence-electron chi connectivity index (χ0n) is 15.6. The zero-order chi connectivity index (χ0) is 22.7. The lowest BCUT2D eigenvalue weighted by Gasteiger charge is -2.25. The molecule has 1 amide bonds. The number of carbonyl (C=O) groups is 2. The van der Waals surface area contributed by atoms with Gasteiger partial charge in [-0.15, -0.1) is 0 Å². The van der Waals surface area contributed by atoms with Gasteiger partial charge in [0.1, 0.15) is 9.21 Å². The molecule has 0 bridgehead atoms. The maximum absolute atomic E-state index is 11.9. The predicted octanol–water partition coefficient (Wildman–Crippen LogP) is 5.06. The molecule has 0 saturated carbocycles. The summed E-state index contributed by atoms with van der Waals surface area (Å²) in [6, 6.07) is 5.81. The smallest absolute Gasteiger partial charge is 0.378 e. The number of ketones is 1. The standard InChI is InChI=1S/C7H3BrF3NO.C6H11NO2.C5H3Br2N/c8-5-3-4(1-2-12-5)6(13)7(9,10)11;1-6(8)7-2-4-9-5-3-7;6-4-1-2-8-5(7)3-4/h1-3H;2-5H2,1H3;1-3H. The Hall–Kier alpha value is -1.37. The van der Waals surface area contributed by atoms with E-state index in [4.69, 9.17) is 4.74 Å². The van der Waals surface area contributed by atoms with Gasteiger partial charge in [0.05, 0.1) is 13.2 Å². The Labute approximate surface area is 196 Å². The number of rotatable bonds is 1. The first-order valence-corrected chi connectivity index (χ1v) is 10.7. The van der Waals surface area contributed by atoms with E-state index in [1.807, 2.05) is 12.1 Å². The molecular weight excluding hydrogens is 603 g/mol. The lowest BCUT2D eigenvalue weighted by molar-refractivity contribution is -0.132. The Morgan fingerprint density at radius 1 is 1.00 bits per heavy atom. The summed E-state index contributed by atoms with van der Waals surface area (Å²) in [5.41, 5.74) is -0.422. The van der Waals surface area contributed by atoms with Gasteiger partial charge in [-0.2, -0.15) is 13.2 Å². The van der Waals surface area contributed by atoms with Crippen LogP contribution in [0.5, 0.6) is 0 Å². The highest BCUT2D eigenvalue weighted by atomic mass is 79.9. The van der Waals surface area contributed by atoms with Crippen LogP contribution in [0.15, 0.2) is 50.3 Å². The first kappa shape index (κ1) is 26.7. The number of carbonyl (C=O) groups excluding carboxylic acids is 2. The van der Waals surface area contributed by atoms with Crippen molar-refractivity contribution in [3.63, 3.8) is 0 Å². The van der Waals surface area contributed by atoms with Crippen molar-refractivity contribution in [3.8, 4) is 0 Å². The number of aromatic nitrogens is 2. The molecule has 0 unspecified atom stereocenters. The molecule has 3 heterocycles. The minimum absolute atomic E-state index is 0.151. The summed E-state index contributed by atoms with van der Waals surface area (Å²) in [5.74, 6) is -1.71. The van der Waals surface area contributed by atoms with Crippen molar-refractivity contribution in [1.29, 1.82) is 0 Å². The van der Waals surface area contributed by atoms with Crippen LogP contribution in [0.3, 0.4) is 0 Å². The second-order valence-electron chi connectivity index (χ2n) is 5.61. The fraction of sp³-hybridized carbons (Fsp3) is 0.333. The van der Waals surface area contributed by atoms with E-state index in [1.165, 1.54) is 0 Å². The molecule has 30 heavy (non-hydrogen) atoms. The first-order chi connectivity index (χ1) is 14.0. The summed E-state index contributed by atoms with van der Waals surface area (Å²) in [4.78, 5) is 30.6. The van der Waals surface area contributed by atoms with Crippen molar-refractivity contribution in [2.45, 2.75) is 13.1 Å². The largest absolute Gasteiger partial charge is 0.454 e. The van der Waals surface area contributed by atoms with Crippen molar-refractivity contribution in [1.82, 2.24) is 14.9 Å². The Kier molecular flexibility index (Phi) is 11.7. The van der Waals surface area contributed by atoms with E-state index >= 15 is 0 Å². The third-order valence-corrected chi connectivity index (χ3v) is 4.75. The molecule has 164 valence electrons. The van der Waals surface area contributed by atoms with Crippen molar-refractivity contribution >= 4 is 59.5 Å². The summed E-state index contributed by atoms with van der Waals surface area (Å²) >= 11 is 9.38. The topological polar surface area (TPSA) is 72.4 Å². The normalized spacial score (nSPS) is 13.4. The van der Waals surface area contributed by atoms with Crippen LogP contribution in [0.4, 0.5) is 13.2 Å². The molecule has 0 spiro atoms. The SMILES string of the molecule is Brc1ccnc(Br)c1.CC(=O)N1CCOCC1.O=C(c1ccnc(Br)c1)C(F)(F)F. The van der Waals surface area contributed by atoms with Crippen LogP contribution in [0.1, 0.15) is 17.3 Å². The average molecular weight is 620 g/mol. The van der Waals surface area contributed by atoms with E-state index in [-0.39, 0.29) is 10.5 Å². The molecule has 0 aliphatic carbocycles. The average Bonchev–Trinajstić information content (AvgIpc) is 2.68. The van der Waals surface area contributed by atoms with Gasteiger partial charge in [-0.3, -0.25) is 9.59 Å². The first-order valence-electron chi connectivity index (χ1n) is 8.34. The van der Waals surface area contributed by atoms with Crippen LogP contribution in [-0.4, -0.2) is 59.0 Å². The molecule has 1 aliphatic rings. The van der Waals surface area contributed by atoms with Crippen LogP contribution in [0, 0.1) is 0 Å². The summed E-state index contributed by atoms with van der Waals surface area (Å²) in [5, 5.41) is 0. The fourth-order valence-corrected chi connectivity index (χ4v) is 3.34. The predicted molar refractivity (Wildman–Crippen MR) is 115 cm³/mol. The maximum atomic E-state index is 11.9. The lowest BCUT2D eigenvalue weighted by atomic mass is 10.2. The van der Waals surface area contributed by atoms with Gasteiger partial charge in [0, 0.05) is 42.4 Å². The molecule has 1 saturated heterocycles. The summed E-state index contributed by atoms with van der Waals surface area (Å²) in [6.45, 7) is 4.50. The molecule has 6 nitrogen and oxygen atoms in total. The highest BCUT2D eigenvalue weighted by Crippen LogP contribution is 2.22. The number of Topliss-reactive ketones (excluding diaryl/α,β-unsaturated/α-hetero) is 1. The molecule has 1 aliphatic heterocycles. The van der Waals surface area contributed by atoms with E-state index < -0.39 is 17.5 Å². The lowest BCUT2D eigenvalue weighted by Crippen LogP contribution is -2.39. The number of hydrogen-bond acceptors (Lipinski definition) is 5. The highest BCUT2D eigenvalue weighted by Gasteiger charge is 2.39. The highest BCUT2D eigenvalue weighted by molar-refractivity contribution is 9.11. The molecule has 2 aromatic heterocycles. The quantitative estimate of drug-likeness (QED) is 0.330. The van der Waals surface area contributed by atoms with Gasteiger partial charge in [0.2, 0.25) is 5.91 Å². The van der Waals surface area contributed by atoms with Gasteiger partial charge >= 0.3 is 6.18 Å². The minimum atomic E-state index is -4.83. The number of ether oxygens (including phenoxy) is 1. The number of hydrogen-bond donors (Lipinski definition) is 0. The van der Waals surface area contributed by atoms with Crippen molar-refractivity contribution in [3.05, 3.63) is 55.9 Å². The van der Waals surface area contributed by atoms with E-state index in [0.717, 1.165) is 40.5 Å². The van der Waals surface area contributed by atoms with Gasteiger partial charge in [0.15, 0.2) is 0 Å². The summed E-state index contributed by atoms with van der Waals surface area (Å²) < 4.78 is 42.8. The Bertz CT molecular complexity index is 831. The molecule has 2 aromatic rings. The van der Waals surface area contributed by atoms with Crippen LogP contribution >= 0.6 is 47.8 Å². The van der Waals surface area contributed by atoms with Gasteiger partial charge in [-0.1, -0.05) is 15.9 Å². The van der Waals surface area contributed by atoms with Crippen LogP contribution in [0.2, 0.25) is 0 Å². The summed E-state index contributed by atoms with van der Waals surface area (Å²) in [7, 11) is 0. The maximum Gasteiger partial charge on any atom is 0.454 e. The van der Waals surface area contributed by atoms with E-state index in [9.17, 15) is 22.8 Å². The molecule has 1 fully saturated rings. The second kappa shape index (κ2) is 13.1. The van der Waals surface area contributed by atoms with Crippen molar-refractivity contribution in [2.75, 3.05) is 26.3 Å². The van der Waals surface area contributed by atoms with E-state index in [2.05, 4.69) is 57.8 Å². The van der Waals surface area contributed by atoms with Gasteiger partial charge in [0.25, 0.3) is 5.78 Å². The fourth-order valence-electron chi connectivity index (χ4n) is 1.96. The number of amides is 1. The Balaban J connectivity index is 0.000000234. The number of morpholine rings is 1. The van der Waals surface area contributed by atoms with Gasteiger partial charge in [-0.05, 0) is 56.1 Å². The van der Waals surface area contributed by atoms with Gasteiger partial charge in [-0.25, -0.2) is 9.97 Å². The van der Waals surface area contributed by atoms with Gasteiger partial charge < -0.3 is 9.64 Å². The number of halogens is 6. The molecule has 0 aromatic carbocycles. The minimum Gasteiger partial charge on any atom is -0.378 e. The monoisotopic (exact) mass is 617 g/mol. The molecular formula is C18H17Br3F3N3O3. The molecule has 0 radical (unpaired) electrons. The molecule has 0 N–H and O–H groups in total. The van der Waals surface area contributed by atoms with E-state index in [1.54, 1.807) is 18.0 Å². The summed E-state index contributed by atoms with van der Waals surface area (Å²) in [6.07, 6.45) is -1.97. The zero-order valence-corrected chi connectivity index (χ0v) is 20.4. The third-order valence-electron chi connectivity index (χ3n) is 3.39. The number of alkyl halides is 3. The number of nitrogens with zero attached hydrogens (tertiary/aromatic N) is 3. The Morgan fingerprint density at radius 2 is 1.53 bits per heavy atom. The molecule has 0 atom stereocenters. The van der Waals surface area contributed by atoms with Crippen molar-refractivity contribution < 1.29 is 27.5 Å². The van der Waals surface area contributed by atoms with Crippen LogP contribution in [-0.2, 0) is 9.53 Å². The third kappa shape index (κ3) is 10.6. The second-order valence-corrected chi connectivity index (χ2v) is 8.15. The van der Waals surface area contributed by atoms with Crippen LogP contribution in [0.25, 0.3) is 0 Å². The van der Waals surface area contributed by atoms with Crippen LogP contribution < -0.4 is 0 Å². The van der Waals surface area contributed by atoms with E-state index in [0.29, 0.717) is 13.2 Å². The number of pyridine rings is 2. The van der Waals surface area contributed by atoms with Crippen molar-refractivity contribution in [2.24, 2.45) is 0 Å². The molecule has 3 rings (SSSR count).